The highest BCUT2D eigenvalue weighted by Crippen LogP contribution is 2.29. The van der Waals surface area contributed by atoms with Gasteiger partial charge >= 0.3 is 0 Å². The minimum absolute atomic E-state index is 0.0506. The number of hydrogen-bond donors (Lipinski definition) is 0. The zero-order valence-corrected chi connectivity index (χ0v) is 14.9. The fourth-order valence-electron chi connectivity index (χ4n) is 3.80. The van der Waals surface area contributed by atoms with Gasteiger partial charge in [0.2, 0.25) is 15.9 Å². The maximum absolute atomic E-state index is 12.8. The van der Waals surface area contributed by atoms with Crippen LogP contribution in [0.2, 0.25) is 0 Å². The van der Waals surface area contributed by atoms with Crippen molar-refractivity contribution in [1.82, 2.24) is 24.2 Å². The molecule has 0 spiro atoms. The molecule has 3 aliphatic rings. The van der Waals surface area contributed by atoms with E-state index >= 15 is 0 Å². The van der Waals surface area contributed by atoms with Crippen LogP contribution in [-0.2, 0) is 21.4 Å². The number of carbonyl (C=O) groups excluding carboxylic acids is 1. The first-order valence-corrected chi connectivity index (χ1v) is 10.3. The second kappa shape index (κ2) is 6.06. The highest BCUT2D eigenvalue weighted by Gasteiger charge is 2.39. The number of piperidine rings is 1. The molecule has 2 aromatic rings. The number of benzene rings is 1. The molecule has 0 radical (unpaired) electrons. The van der Waals surface area contributed by atoms with Crippen LogP contribution in [0.4, 0.5) is 0 Å². The summed E-state index contributed by atoms with van der Waals surface area (Å²) in [6.07, 6.45) is 3.05. The van der Waals surface area contributed by atoms with Crippen LogP contribution in [0.3, 0.4) is 0 Å². The molecule has 9 heteroatoms. The van der Waals surface area contributed by atoms with E-state index in [2.05, 4.69) is 10.2 Å². The number of rotatable bonds is 3. The van der Waals surface area contributed by atoms with Crippen molar-refractivity contribution in [2.75, 3.05) is 25.9 Å². The van der Waals surface area contributed by atoms with E-state index in [0.717, 1.165) is 23.9 Å². The molecular formula is C16H21N5O3S. The summed E-state index contributed by atoms with van der Waals surface area (Å²) in [5.74, 6) is 0.146. The molecule has 0 saturated carbocycles. The summed E-state index contributed by atoms with van der Waals surface area (Å²) in [7, 11) is -3.23. The van der Waals surface area contributed by atoms with E-state index in [4.69, 9.17) is 0 Å². The summed E-state index contributed by atoms with van der Waals surface area (Å²) >= 11 is 0. The third kappa shape index (κ3) is 3.25. The van der Waals surface area contributed by atoms with E-state index in [0.29, 0.717) is 19.6 Å². The van der Waals surface area contributed by atoms with Crippen LogP contribution in [0.15, 0.2) is 24.3 Å². The molecule has 3 saturated heterocycles. The number of fused-ring (bicyclic) bond motifs is 5. The molecule has 8 nitrogen and oxygen atoms in total. The van der Waals surface area contributed by atoms with Gasteiger partial charge in [-0.3, -0.25) is 4.79 Å². The Morgan fingerprint density at radius 3 is 2.44 bits per heavy atom. The number of sulfonamides is 1. The maximum atomic E-state index is 12.8. The Bertz CT molecular complexity index is 876. The first-order chi connectivity index (χ1) is 11.9. The Kier molecular flexibility index (Phi) is 3.99. The van der Waals surface area contributed by atoms with Crippen molar-refractivity contribution in [2.24, 2.45) is 5.92 Å². The van der Waals surface area contributed by atoms with Crippen LogP contribution >= 0.6 is 0 Å². The summed E-state index contributed by atoms with van der Waals surface area (Å²) in [6.45, 7) is 1.58. The third-order valence-electron chi connectivity index (χ3n) is 5.07. The molecule has 0 N–H and O–H groups in total. The lowest BCUT2D eigenvalue weighted by atomic mass is 9.95. The monoisotopic (exact) mass is 363 g/mol. The molecule has 5 rings (SSSR count). The summed E-state index contributed by atoms with van der Waals surface area (Å²) < 4.78 is 25.4. The fourth-order valence-corrected chi connectivity index (χ4v) is 4.73. The fraction of sp³-hybridized carbons (Fsp3) is 0.562. The predicted molar refractivity (Wildman–Crippen MR) is 92.2 cm³/mol. The third-order valence-corrected chi connectivity index (χ3v) is 6.31. The van der Waals surface area contributed by atoms with E-state index in [1.807, 2.05) is 29.2 Å². The Morgan fingerprint density at radius 1 is 1.12 bits per heavy atom. The Morgan fingerprint density at radius 2 is 1.80 bits per heavy atom. The zero-order valence-electron chi connectivity index (χ0n) is 14.1. The van der Waals surface area contributed by atoms with Gasteiger partial charge in [0, 0.05) is 25.7 Å². The molecule has 134 valence electrons. The number of hydrogen-bond acceptors (Lipinski definition) is 5. The van der Waals surface area contributed by atoms with Crippen molar-refractivity contribution >= 4 is 27.0 Å². The average Bonchev–Trinajstić information content (AvgIpc) is 2.73. The van der Waals surface area contributed by atoms with E-state index in [1.165, 1.54) is 15.4 Å². The molecule has 0 aliphatic carbocycles. The largest absolute Gasteiger partial charge is 0.336 e. The van der Waals surface area contributed by atoms with Gasteiger partial charge in [-0.05, 0) is 30.9 Å². The van der Waals surface area contributed by atoms with Crippen molar-refractivity contribution in [1.29, 1.82) is 0 Å². The van der Waals surface area contributed by atoms with Crippen molar-refractivity contribution in [3.63, 3.8) is 0 Å². The van der Waals surface area contributed by atoms with Gasteiger partial charge in [-0.1, -0.05) is 12.1 Å². The van der Waals surface area contributed by atoms with Crippen molar-refractivity contribution in [3.8, 4) is 0 Å². The first-order valence-electron chi connectivity index (χ1n) is 8.44. The van der Waals surface area contributed by atoms with Crippen LogP contribution < -0.4 is 0 Å². The van der Waals surface area contributed by atoms with Crippen molar-refractivity contribution in [3.05, 3.63) is 24.3 Å². The molecule has 1 amide bonds. The average molecular weight is 363 g/mol. The highest BCUT2D eigenvalue weighted by atomic mass is 32.2. The molecular weight excluding hydrogens is 342 g/mol. The zero-order chi connectivity index (χ0) is 17.6. The lowest BCUT2D eigenvalue weighted by molar-refractivity contribution is -0.136. The van der Waals surface area contributed by atoms with E-state index in [1.54, 1.807) is 0 Å². The van der Waals surface area contributed by atoms with Crippen LogP contribution in [0.1, 0.15) is 12.8 Å². The van der Waals surface area contributed by atoms with E-state index in [9.17, 15) is 13.2 Å². The standard InChI is InChI=1S/C16H21N5O3S/c1-25(23,24)19-8-12-6-7-13(10-19)20(9-12)16(22)11-21-17-14-4-2-3-5-15(14)18-21/h2-5,12-13H,6-11H2,1H3/t12-,13+/m1/s1. The Balaban J connectivity index is 1.52. The van der Waals surface area contributed by atoms with Gasteiger partial charge in [0.15, 0.2) is 0 Å². The predicted octanol–water partition coefficient (Wildman–Crippen LogP) is 0.314. The molecule has 2 bridgehead atoms. The van der Waals surface area contributed by atoms with Crippen LogP contribution in [0.25, 0.3) is 11.0 Å². The minimum atomic E-state index is -3.23. The molecule has 1 aromatic heterocycles. The molecule has 4 heterocycles. The molecule has 3 fully saturated rings. The molecule has 3 aliphatic heterocycles. The second-order valence-electron chi connectivity index (χ2n) is 6.94. The minimum Gasteiger partial charge on any atom is -0.336 e. The van der Waals surface area contributed by atoms with Gasteiger partial charge in [-0.25, -0.2) is 8.42 Å². The molecule has 2 atom stereocenters. The molecule has 1 aromatic carbocycles. The summed E-state index contributed by atoms with van der Waals surface area (Å²) in [4.78, 5) is 16.1. The van der Waals surface area contributed by atoms with Crippen LogP contribution in [-0.4, -0.2) is 70.5 Å². The van der Waals surface area contributed by atoms with Crippen LogP contribution in [0, 0.1) is 5.92 Å². The number of aromatic nitrogens is 3. The topological polar surface area (TPSA) is 88.4 Å². The van der Waals surface area contributed by atoms with Gasteiger partial charge in [-0.15, -0.1) is 0 Å². The SMILES string of the molecule is CS(=O)(=O)N1C[C@H]2CC[C@@H](C1)N(C(=O)Cn1nc3ccccc3n1)C2. The molecule has 0 unspecified atom stereocenters. The summed E-state index contributed by atoms with van der Waals surface area (Å²) in [5.41, 5.74) is 1.52. The summed E-state index contributed by atoms with van der Waals surface area (Å²) in [5, 5.41) is 8.68. The van der Waals surface area contributed by atoms with Gasteiger partial charge < -0.3 is 4.90 Å². The maximum Gasteiger partial charge on any atom is 0.246 e. The van der Waals surface area contributed by atoms with Gasteiger partial charge in [0.05, 0.1) is 6.26 Å². The van der Waals surface area contributed by atoms with Gasteiger partial charge in [-0.2, -0.15) is 19.3 Å². The second-order valence-corrected chi connectivity index (χ2v) is 8.92. The molecule has 25 heavy (non-hydrogen) atoms. The number of amides is 1. The smallest absolute Gasteiger partial charge is 0.246 e. The van der Waals surface area contributed by atoms with Gasteiger partial charge in [0.1, 0.15) is 17.6 Å². The number of carbonyl (C=O) groups is 1. The van der Waals surface area contributed by atoms with E-state index in [-0.39, 0.29) is 24.4 Å². The normalized spacial score (nSPS) is 24.6. The Labute approximate surface area is 146 Å². The van der Waals surface area contributed by atoms with Gasteiger partial charge in [0.25, 0.3) is 0 Å². The number of nitrogens with zero attached hydrogens (tertiary/aromatic N) is 5. The summed E-state index contributed by atoms with van der Waals surface area (Å²) in [6, 6.07) is 7.43. The van der Waals surface area contributed by atoms with E-state index < -0.39 is 10.0 Å². The van der Waals surface area contributed by atoms with Crippen LogP contribution in [0.5, 0.6) is 0 Å². The van der Waals surface area contributed by atoms with Crippen molar-refractivity contribution in [2.45, 2.75) is 25.4 Å². The Hall–Kier alpha value is -2.00. The lowest BCUT2D eigenvalue weighted by Gasteiger charge is -2.36. The first kappa shape index (κ1) is 16.5. The highest BCUT2D eigenvalue weighted by molar-refractivity contribution is 7.88. The quantitative estimate of drug-likeness (QED) is 0.783. The lowest BCUT2D eigenvalue weighted by Crippen LogP contribution is -2.48. The van der Waals surface area contributed by atoms with Crippen molar-refractivity contribution < 1.29 is 13.2 Å².